The molecule has 0 fully saturated rings. The molecule has 0 aromatic heterocycles. The molecular formula is C8H7FN2O3. The first-order valence-electron chi connectivity index (χ1n) is 3.96. The van der Waals surface area contributed by atoms with E-state index in [0.717, 1.165) is 6.07 Å². The van der Waals surface area contributed by atoms with E-state index in [1.54, 1.807) is 0 Å². The molecule has 0 saturated heterocycles. The second-order valence-electron chi connectivity index (χ2n) is 3.01. The third-order valence-corrected chi connectivity index (χ3v) is 2.08. The fourth-order valence-electron chi connectivity index (χ4n) is 1.43. The topological polar surface area (TPSA) is 78.4 Å². The van der Waals surface area contributed by atoms with Crippen molar-refractivity contribution in [2.45, 2.75) is 6.04 Å². The van der Waals surface area contributed by atoms with Gasteiger partial charge in [-0.15, -0.1) is 0 Å². The number of rotatable bonds is 1. The first kappa shape index (κ1) is 8.89. The van der Waals surface area contributed by atoms with Gasteiger partial charge in [-0.1, -0.05) is 0 Å². The Morgan fingerprint density at radius 2 is 2.36 bits per heavy atom. The number of nitro groups is 1. The number of halogens is 1. The molecule has 0 amide bonds. The van der Waals surface area contributed by atoms with Gasteiger partial charge in [0.05, 0.1) is 28.7 Å². The van der Waals surface area contributed by atoms with Crippen LogP contribution in [0.1, 0.15) is 11.6 Å². The first-order chi connectivity index (χ1) is 6.59. The minimum atomic E-state index is -0.681. The van der Waals surface area contributed by atoms with Crippen molar-refractivity contribution in [2.24, 2.45) is 5.73 Å². The van der Waals surface area contributed by atoms with E-state index in [-0.39, 0.29) is 23.6 Å². The number of nitrogens with two attached hydrogens (primary N) is 1. The number of hydrogen-bond acceptors (Lipinski definition) is 4. The minimum Gasteiger partial charge on any atom is -0.491 e. The summed E-state index contributed by atoms with van der Waals surface area (Å²) in [7, 11) is 0. The number of non-ortho nitro benzene ring substituents is 1. The predicted octanol–water partition coefficient (Wildman–Crippen LogP) is 1.13. The zero-order chi connectivity index (χ0) is 10.3. The lowest BCUT2D eigenvalue weighted by Crippen LogP contribution is -2.12. The van der Waals surface area contributed by atoms with Crippen LogP contribution in [0.5, 0.6) is 5.75 Å². The Morgan fingerprint density at radius 1 is 1.64 bits per heavy atom. The standard InChI is InChI=1S/C8H7FN2O3/c9-5-1-4(11(12)13)2-7-8(5)6(10)3-14-7/h1-2,6H,3,10H2/t6-/m1/s1. The number of ether oxygens (including phenoxy) is 1. The Kier molecular flexibility index (Phi) is 1.85. The van der Waals surface area contributed by atoms with Crippen LogP contribution >= 0.6 is 0 Å². The van der Waals surface area contributed by atoms with Gasteiger partial charge < -0.3 is 10.5 Å². The highest BCUT2D eigenvalue weighted by molar-refractivity contribution is 5.48. The van der Waals surface area contributed by atoms with Crippen LogP contribution in [-0.2, 0) is 0 Å². The highest BCUT2D eigenvalue weighted by atomic mass is 19.1. The van der Waals surface area contributed by atoms with Gasteiger partial charge in [0.1, 0.15) is 18.2 Å². The molecule has 6 heteroatoms. The number of fused-ring (bicyclic) bond motifs is 1. The van der Waals surface area contributed by atoms with E-state index in [4.69, 9.17) is 10.5 Å². The maximum absolute atomic E-state index is 13.3. The Balaban J connectivity index is 2.57. The van der Waals surface area contributed by atoms with Crippen molar-refractivity contribution < 1.29 is 14.1 Å². The maximum Gasteiger partial charge on any atom is 0.276 e. The summed E-state index contributed by atoms with van der Waals surface area (Å²) in [6, 6.07) is 1.50. The molecule has 2 rings (SSSR count). The molecule has 5 nitrogen and oxygen atoms in total. The lowest BCUT2D eigenvalue weighted by atomic mass is 10.1. The summed E-state index contributed by atoms with van der Waals surface area (Å²) in [6.07, 6.45) is 0. The molecule has 1 aliphatic heterocycles. The molecular weight excluding hydrogens is 191 g/mol. The van der Waals surface area contributed by atoms with Gasteiger partial charge in [-0.3, -0.25) is 10.1 Å². The van der Waals surface area contributed by atoms with Crippen LogP contribution in [0.3, 0.4) is 0 Å². The highest BCUT2D eigenvalue weighted by Crippen LogP contribution is 2.36. The van der Waals surface area contributed by atoms with Crippen molar-refractivity contribution in [3.8, 4) is 5.75 Å². The van der Waals surface area contributed by atoms with Gasteiger partial charge in [0.15, 0.2) is 0 Å². The molecule has 1 aromatic rings. The van der Waals surface area contributed by atoms with Crippen molar-refractivity contribution in [3.05, 3.63) is 33.6 Å². The second-order valence-corrected chi connectivity index (χ2v) is 3.01. The van der Waals surface area contributed by atoms with Crippen LogP contribution in [0.25, 0.3) is 0 Å². The smallest absolute Gasteiger partial charge is 0.276 e. The summed E-state index contributed by atoms with van der Waals surface area (Å²) in [5.41, 5.74) is 5.43. The van der Waals surface area contributed by atoms with Crippen LogP contribution in [0, 0.1) is 15.9 Å². The van der Waals surface area contributed by atoms with E-state index in [2.05, 4.69) is 0 Å². The predicted molar refractivity (Wildman–Crippen MR) is 45.5 cm³/mol. The van der Waals surface area contributed by atoms with E-state index < -0.39 is 16.8 Å². The van der Waals surface area contributed by atoms with Crippen LogP contribution < -0.4 is 10.5 Å². The largest absolute Gasteiger partial charge is 0.491 e. The molecule has 1 aromatic carbocycles. The monoisotopic (exact) mass is 198 g/mol. The fourth-order valence-corrected chi connectivity index (χ4v) is 1.43. The molecule has 0 radical (unpaired) electrons. The number of nitrogens with zero attached hydrogens (tertiary/aromatic N) is 1. The molecule has 1 heterocycles. The average Bonchev–Trinajstić information content (AvgIpc) is 2.48. The highest BCUT2D eigenvalue weighted by Gasteiger charge is 2.27. The first-order valence-corrected chi connectivity index (χ1v) is 3.96. The van der Waals surface area contributed by atoms with Gasteiger partial charge in [0.2, 0.25) is 0 Å². The van der Waals surface area contributed by atoms with Gasteiger partial charge in [-0.25, -0.2) is 4.39 Å². The molecule has 74 valence electrons. The van der Waals surface area contributed by atoms with Crippen molar-refractivity contribution >= 4 is 5.69 Å². The molecule has 0 spiro atoms. The third kappa shape index (κ3) is 1.20. The lowest BCUT2D eigenvalue weighted by molar-refractivity contribution is -0.385. The second kappa shape index (κ2) is 2.91. The number of hydrogen-bond donors (Lipinski definition) is 1. The molecule has 0 unspecified atom stereocenters. The molecule has 14 heavy (non-hydrogen) atoms. The van der Waals surface area contributed by atoms with Gasteiger partial charge in [-0.2, -0.15) is 0 Å². The molecule has 1 atom stereocenters. The normalized spacial score (nSPS) is 18.9. The van der Waals surface area contributed by atoms with E-state index in [9.17, 15) is 14.5 Å². The summed E-state index contributed by atoms with van der Waals surface area (Å²) in [4.78, 5) is 9.72. The summed E-state index contributed by atoms with van der Waals surface area (Å²) in [5, 5.41) is 10.4. The van der Waals surface area contributed by atoms with E-state index in [1.165, 1.54) is 6.07 Å². The summed E-state index contributed by atoms with van der Waals surface area (Å²) >= 11 is 0. The van der Waals surface area contributed by atoms with Gasteiger partial charge in [0.25, 0.3) is 5.69 Å². The average molecular weight is 198 g/mol. The SMILES string of the molecule is N[C@@H]1COc2cc([N+](=O)[O-])cc(F)c21. The van der Waals surface area contributed by atoms with Crippen LogP contribution in [0.4, 0.5) is 10.1 Å². The minimum absolute atomic E-state index is 0.160. The van der Waals surface area contributed by atoms with Crippen LogP contribution in [-0.4, -0.2) is 11.5 Å². The van der Waals surface area contributed by atoms with E-state index in [0.29, 0.717) is 0 Å². The molecule has 1 aliphatic rings. The lowest BCUT2D eigenvalue weighted by Gasteiger charge is -2.01. The van der Waals surface area contributed by atoms with Gasteiger partial charge >= 0.3 is 0 Å². The van der Waals surface area contributed by atoms with Crippen LogP contribution in [0.2, 0.25) is 0 Å². The molecule has 2 N–H and O–H groups in total. The molecule has 0 saturated carbocycles. The maximum atomic E-state index is 13.3. The van der Waals surface area contributed by atoms with E-state index in [1.807, 2.05) is 0 Å². The van der Waals surface area contributed by atoms with Crippen molar-refractivity contribution in [1.29, 1.82) is 0 Å². The van der Waals surface area contributed by atoms with Crippen molar-refractivity contribution in [2.75, 3.05) is 6.61 Å². The zero-order valence-corrected chi connectivity index (χ0v) is 7.07. The van der Waals surface area contributed by atoms with Gasteiger partial charge in [0, 0.05) is 0 Å². The van der Waals surface area contributed by atoms with E-state index >= 15 is 0 Å². The third-order valence-electron chi connectivity index (χ3n) is 2.08. The molecule has 0 aliphatic carbocycles. The van der Waals surface area contributed by atoms with Gasteiger partial charge in [-0.05, 0) is 0 Å². The van der Waals surface area contributed by atoms with Crippen molar-refractivity contribution in [3.63, 3.8) is 0 Å². The summed E-state index contributed by atoms with van der Waals surface area (Å²) in [6.45, 7) is 0.160. The fraction of sp³-hybridized carbons (Fsp3) is 0.250. The van der Waals surface area contributed by atoms with Crippen molar-refractivity contribution in [1.82, 2.24) is 0 Å². The summed E-state index contributed by atoms with van der Waals surface area (Å²) < 4.78 is 18.3. The number of nitro benzene ring substituents is 1. The Morgan fingerprint density at radius 3 is 3.00 bits per heavy atom. The quantitative estimate of drug-likeness (QED) is 0.541. The zero-order valence-electron chi connectivity index (χ0n) is 7.07. The Hall–Kier alpha value is -1.69. The Bertz CT molecular complexity index is 408. The molecule has 0 bridgehead atoms. The number of benzene rings is 1. The van der Waals surface area contributed by atoms with Crippen LogP contribution in [0.15, 0.2) is 12.1 Å². The Labute approximate surface area is 78.4 Å². The summed E-state index contributed by atoms with van der Waals surface area (Å²) in [5.74, 6) is -0.511.